The molecule has 0 aliphatic carbocycles. The van der Waals surface area contributed by atoms with Gasteiger partial charge in [0.1, 0.15) is 0 Å². The van der Waals surface area contributed by atoms with Crippen molar-refractivity contribution in [3.05, 3.63) is 35.9 Å². The van der Waals surface area contributed by atoms with Gasteiger partial charge in [0.2, 0.25) is 23.6 Å². The number of hydrogen-bond donors (Lipinski definition) is 2. The highest BCUT2D eigenvalue weighted by Gasteiger charge is 2.29. The van der Waals surface area contributed by atoms with Gasteiger partial charge in [0, 0.05) is 57.6 Å². The first-order valence-electron chi connectivity index (χ1n) is 11.2. The molecule has 4 amide bonds. The van der Waals surface area contributed by atoms with Crippen molar-refractivity contribution < 1.29 is 19.2 Å². The summed E-state index contributed by atoms with van der Waals surface area (Å²) in [6.45, 7) is 6.13. The first-order valence-corrected chi connectivity index (χ1v) is 11.2. The van der Waals surface area contributed by atoms with Gasteiger partial charge in [-0.2, -0.15) is 0 Å². The monoisotopic (exact) mass is 443 g/mol. The van der Waals surface area contributed by atoms with E-state index >= 15 is 0 Å². The predicted molar refractivity (Wildman–Crippen MR) is 119 cm³/mol. The van der Waals surface area contributed by atoms with Crippen LogP contribution in [0.25, 0.3) is 0 Å². The van der Waals surface area contributed by atoms with Crippen molar-refractivity contribution in [2.24, 2.45) is 0 Å². The van der Waals surface area contributed by atoms with Gasteiger partial charge in [0.05, 0.1) is 13.1 Å². The van der Waals surface area contributed by atoms with Crippen LogP contribution in [0.4, 0.5) is 0 Å². The summed E-state index contributed by atoms with van der Waals surface area (Å²) in [7, 11) is 0. The Morgan fingerprint density at radius 3 is 1.81 bits per heavy atom. The molecule has 0 bridgehead atoms. The highest BCUT2D eigenvalue weighted by Crippen LogP contribution is 2.13. The van der Waals surface area contributed by atoms with Crippen molar-refractivity contribution in [3.8, 4) is 0 Å². The third-order valence-electron chi connectivity index (χ3n) is 5.98. The van der Waals surface area contributed by atoms with Crippen LogP contribution in [0.2, 0.25) is 0 Å². The largest absolute Gasteiger partial charge is 0.354 e. The SMILES string of the molecule is CC1CC(=O)NCCN1C(=O)CN(CC(=O)N1CCNC(=O)CC1C)Cc1ccccc1. The number of carbonyl (C=O) groups is 4. The molecule has 3 rings (SSSR count). The van der Waals surface area contributed by atoms with Crippen LogP contribution in [-0.2, 0) is 25.7 Å². The molecule has 2 unspecified atom stereocenters. The molecule has 0 aromatic heterocycles. The van der Waals surface area contributed by atoms with E-state index in [4.69, 9.17) is 0 Å². The van der Waals surface area contributed by atoms with Crippen LogP contribution >= 0.6 is 0 Å². The molecule has 2 aliphatic rings. The van der Waals surface area contributed by atoms with Gasteiger partial charge in [-0.1, -0.05) is 30.3 Å². The molecule has 9 heteroatoms. The lowest BCUT2D eigenvalue weighted by molar-refractivity contribution is -0.137. The molecule has 2 fully saturated rings. The van der Waals surface area contributed by atoms with Crippen LogP contribution in [0.3, 0.4) is 0 Å². The van der Waals surface area contributed by atoms with E-state index in [1.54, 1.807) is 9.80 Å². The Kier molecular flexibility index (Phi) is 8.21. The quantitative estimate of drug-likeness (QED) is 0.643. The molecule has 0 spiro atoms. The molecule has 2 aliphatic heterocycles. The molecule has 2 heterocycles. The molecule has 0 saturated carbocycles. The van der Waals surface area contributed by atoms with E-state index < -0.39 is 0 Å². The zero-order chi connectivity index (χ0) is 23.1. The van der Waals surface area contributed by atoms with E-state index in [9.17, 15) is 19.2 Å². The normalized spacial score (nSPS) is 22.1. The molecule has 2 N–H and O–H groups in total. The Balaban J connectivity index is 1.71. The second-order valence-electron chi connectivity index (χ2n) is 8.61. The highest BCUT2D eigenvalue weighted by molar-refractivity contribution is 5.84. The predicted octanol–water partition coefficient (Wildman–Crippen LogP) is -0.0374. The van der Waals surface area contributed by atoms with Gasteiger partial charge in [-0.25, -0.2) is 0 Å². The van der Waals surface area contributed by atoms with Gasteiger partial charge in [0.15, 0.2) is 0 Å². The van der Waals surface area contributed by atoms with Crippen molar-refractivity contribution in [3.63, 3.8) is 0 Å². The number of benzene rings is 1. The van der Waals surface area contributed by atoms with Gasteiger partial charge >= 0.3 is 0 Å². The van der Waals surface area contributed by atoms with Crippen LogP contribution in [-0.4, -0.2) is 89.7 Å². The van der Waals surface area contributed by atoms with E-state index in [1.807, 2.05) is 49.1 Å². The Labute approximate surface area is 189 Å². The molecule has 174 valence electrons. The molecule has 9 nitrogen and oxygen atoms in total. The summed E-state index contributed by atoms with van der Waals surface area (Å²) in [5, 5.41) is 5.60. The smallest absolute Gasteiger partial charge is 0.237 e. The first kappa shape index (κ1) is 23.7. The van der Waals surface area contributed by atoms with E-state index in [0.717, 1.165) is 5.56 Å². The Morgan fingerprint density at radius 1 is 0.875 bits per heavy atom. The standard InChI is InChI=1S/C23H33N5O4/c1-17-12-20(29)24-8-10-27(17)22(31)15-26(14-19-6-4-3-5-7-19)16-23(32)28-11-9-25-21(30)13-18(28)2/h3-7,17-18H,8-16H2,1-2H3,(H,24,29)(H,25,30). The van der Waals surface area contributed by atoms with Crippen molar-refractivity contribution in [2.45, 2.75) is 45.3 Å². The lowest BCUT2D eigenvalue weighted by Gasteiger charge is -2.32. The second-order valence-corrected chi connectivity index (χ2v) is 8.61. The minimum atomic E-state index is -0.193. The minimum absolute atomic E-state index is 0.0533. The average Bonchev–Trinajstić information content (AvgIpc) is 3.02. The summed E-state index contributed by atoms with van der Waals surface area (Å²) in [5.41, 5.74) is 1.01. The van der Waals surface area contributed by atoms with Crippen LogP contribution in [0, 0.1) is 0 Å². The van der Waals surface area contributed by atoms with Crippen molar-refractivity contribution in [1.82, 2.24) is 25.3 Å². The molecule has 1 aromatic carbocycles. The molecule has 2 atom stereocenters. The zero-order valence-electron chi connectivity index (χ0n) is 18.9. The van der Waals surface area contributed by atoms with Gasteiger partial charge in [-0.3, -0.25) is 24.1 Å². The van der Waals surface area contributed by atoms with Crippen LogP contribution in [0.1, 0.15) is 32.3 Å². The van der Waals surface area contributed by atoms with Crippen molar-refractivity contribution in [1.29, 1.82) is 0 Å². The Hall–Kier alpha value is -2.94. The Morgan fingerprint density at radius 2 is 1.34 bits per heavy atom. The molecular weight excluding hydrogens is 410 g/mol. The number of nitrogens with zero attached hydrogens (tertiary/aromatic N) is 3. The average molecular weight is 444 g/mol. The van der Waals surface area contributed by atoms with Crippen LogP contribution < -0.4 is 10.6 Å². The fourth-order valence-corrected chi connectivity index (χ4v) is 4.29. The van der Waals surface area contributed by atoms with Gasteiger partial charge in [0.25, 0.3) is 0 Å². The summed E-state index contributed by atoms with van der Waals surface area (Å²) in [5.74, 6) is -0.304. The summed E-state index contributed by atoms with van der Waals surface area (Å²) >= 11 is 0. The maximum atomic E-state index is 13.2. The number of amides is 4. The summed E-state index contributed by atoms with van der Waals surface area (Å²) in [6, 6.07) is 9.34. The number of carbonyl (C=O) groups excluding carboxylic acids is 4. The Bertz CT molecular complexity index is 783. The third-order valence-corrected chi connectivity index (χ3v) is 5.98. The molecule has 0 radical (unpaired) electrons. The molecular formula is C23H33N5O4. The number of rotatable bonds is 6. The van der Waals surface area contributed by atoms with E-state index in [0.29, 0.717) is 32.7 Å². The number of nitrogens with one attached hydrogen (secondary N) is 2. The van der Waals surface area contributed by atoms with Crippen molar-refractivity contribution in [2.75, 3.05) is 39.3 Å². The van der Waals surface area contributed by atoms with E-state index in [1.165, 1.54) is 0 Å². The lowest BCUT2D eigenvalue weighted by atomic mass is 10.1. The second kappa shape index (κ2) is 11.1. The maximum absolute atomic E-state index is 13.2. The fraction of sp³-hybridized carbons (Fsp3) is 0.565. The van der Waals surface area contributed by atoms with E-state index in [-0.39, 0.29) is 61.6 Å². The van der Waals surface area contributed by atoms with Gasteiger partial charge in [-0.15, -0.1) is 0 Å². The molecule has 1 aromatic rings. The summed E-state index contributed by atoms with van der Waals surface area (Å²) in [6.07, 6.45) is 0.547. The van der Waals surface area contributed by atoms with Gasteiger partial charge < -0.3 is 20.4 Å². The van der Waals surface area contributed by atoms with Crippen molar-refractivity contribution >= 4 is 23.6 Å². The first-order chi connectivity index (χ1) is 15.3. The molecule has 2 saturated heterocycles. The summed E-state index contributed by atoms with van der Waals surface area (Å²) < 4.78 is 0. The van der Waals surface area contributed by atoms with Crippen LogP contribution in [0.5, 0.6) is 0 Å². The fourth-order valence-electron chi connectivity index (χ4n) is 4.29. The lowest BCUT2D eigenvalue weighted by Crippen LogP contribution is -2.49. The number of hydrogen-bond acceptors (Lipinski definition) is 5. The highest BCUT2D eigenvalue weighted by atomic mass is 16.2. The minimum Gasteiger partial charge on any atom is -0.354 e. The third kappa shape index (κ3) is 6.53. The zero-order valence-corrected chi connectivity index (χ0v) is 18.9. The summed E-state index contributed by atoms with van der Waals surface area (Å²) in [4.78, 5) is 55.2. The maximum Gasteiger partial charge on any atom is 0.237 e. The van der Waals surface area contributed by atoms with E-state index in [2.05, 4.69) is 10.6 Å². The van der Waals surface area contributed by atoms with Gasteiger partial charge in [-0.05, 0) is 19.4 Å². The van der Waals surface area contributed by atoms with Crippen LogP contribution in [0.15, 0.2) is 30.3 Å². The molecule has 32 heavy (non-hydrogen) atoms. The topological polar surface area (TPSA) is 102 Å².